The summed E-state index contributed by atoms with van der Waals surface area (Å²) in [6.07, 6.45) is 7.10. The first-order chi connectivity index (χ1) is 11.9. The van der Waals surface area contributed by atoms with Gasteiger partial charge in [0.25, 0.3) is 0 Å². The quantitative estimate of drug-likeness (QED) is 0.508. The lowest BCUT2D eigenvalue weighted by Gasteiger charge is -2.09. The number of rotatable bonds is 5. The van der Waals surface area contributed by atoms with E-state index in [0.29, 0.717) is 12.2 Å². The maximum absolute atomic E-state index is 12.2. The monoisotopic (exact) mass is 355 g/mol. The molecule has 1 atom stereocenters. The normalized spacial score (nSPS) is 17.2. The molecule has 25 heavy (non-hydrogen) atoms. The molecule has 0 saturated heterocycles. The topological polar surface area (TPSA) is 86.5 Å². The van der Waals surface area contributed by atoms with Crippen LogP contribution in [0.15, 0.2) is 71.7 Å². The third-order valence-corrected chi connectivity index (χ3v) is 4.75. The molecular formula is C19H17NO4S. The van der Waals surface area contributed by atoms with Crippen LogP contribution < -0.4 is 5.14 Å². The number of allylic oxidation sites excluding steroid dienone is 1. The molecule has 5 nitrogen and oxygen atoms in total. The second kappa shape index (κ2) is 7.14. The molecule has 2 N–H and O–H groups in total. The van der Waals surface area contributed by atoms with Crippen molar-refractivity contribution < 1.29 is 17.9 Å². The van der Waals surface area contributed by atoms with E-state index in [1.165, 1.54) is 30.3 Å². The number of benzene rings is 2. The molecular weight excluding hydrogens is 338 g/mol. The average Bonchev–Trinajstić information content (AvgIpc) is 3.14. The molecule has 128 valence electrons. The van der Waals surface area contributed by atoms with Crippen molar-refractivity contribution >= 4 is 21.9 Å². The second-order valence-electron chi connectivity index (χ2n) is 5.62. The van der Waals surface area contributed by atoms with E-state index >= 15 is 0 Å². The fraction of sp³-hybridized carbons (Fsp3) is 0.105. The molecule has 1 aliphatic heterocycles. The van der Waals surface area contributed by atoms with Crippen LogP contribution in [0.1, 0.15) is 27.6 Å². The van der Waals surface area contributed by atoms with Crippen LogP contribution >= 0.6 is 0 Å². The van der Waals surface area contributed by atoms with Gasteiger partial charge >= 0.3 is 0 Å². The molecule has 0 aliphatic carbocycles. The minimum absolute atomic E-state index is 0.0228. The number of nitrogens with two attached hydrogens (primary N) is 1. The Balaban J connectivity index is 1.74. The zero-order valence-corrected chi connectivity index (χ0v) is 14.1. The summed E-state index contributed by atoms with van der Waals surface area (Å²) in [6.45, 7) is 0.609. The fourth-order valence-corrected chi connectivity index (χ4v) is 3.03. The summed E-state index contributed by atoms with van der Waals surface area (Å²) in [4.78, 5) is 12.2. The van der Waals surface area contributed by atoms with Gasteiger partial charge in [0.15, 0.2) is 5.78 Å². The van der Waals surface area contributed by atoms with E-state index in [1.54, 1.807) is 6.08 Å². The summed E-state index contributed by atoms with van der Waals surface area (Å²) < 4.78 is 28.0. The molecule has 0 saturated carbocycles. The Kier molecular flexibility index (Phi) is 4.94. The molecule has 3 rings (SSSR count). The Bertz CT molecular complexity index is 944. The molecule has 1 unspecified atom stereocenters. The number of primary sulfonamides is 1. The molecule has 0 aromatic heterocycles. The predicted octanol–water partition coefficient (Wildman–Crippen LogP) is 2.86. The summed E-state index contributed by atoms with van der Waals surface area (Å²) in [5, 5.41) is 5.04. The van der Waals surface area contributed by atoms with E-state index in [0.717, 1.165) is 11.1 Å². The Morgan fingerprint density at radius 3 is 2.56 bits per heavy atom. The van der Waals surface area contributed by atoms with Gasteiger partial charge in [0.05, 0.1) is 11.5 Å². The van der Waals surface area contributed by atoms with Gasteiger partial charge < -0.3 is 4.74 Å². The molecule has 0 bridgehead atoms. The Morgan fingerprint density at radius 1 is 1.16 bits per heavy atom. The molecule has 0 amide bonds. The number of hydrogen-bond donors (Lipinski definition) is 1. The predicted molar refractivity (Wildman–Crippen MR) is 95.5 cm³/mol. The Labute approximate surface area is 146 Å². The van der Waals surface area contributed by atoms with Crippen LogP contribution in [0.25, 0.3) is 6.08 Å². The van der Waals surface area contributed by atoms with Gasteiger partial charge in [-0.05, 0) is 47.5 Å². The van der Waals surface area contributed by atoms with Gasteiger partial charge in [-0.15, -0.1) is 0 Å². The zero-order chi connectivity index (χ0) is 17.9. The van der Waals surface area contributed by atoms with Crippen LogP contribution in [0.2, 0.25) is 0 Å². The van der Waals surface area contributed by atoms with Crippen molar-refractivity contribution in [2.75, 3.05) is 6.61 Å². The zero-order valence-electron chi connectivity index (χ0n) is 13.3. The van der Waals surface area contributed by atoms with Crippen LogP contribution in [0.5, 0.6) is 0 Å². The molecule has 0 spiro atoms. The van der Waals surface area contributed by atoms with Crippen molar-refractivity contribution in [1.29, 1.82) is 0 Å². The summed E-state index contributed by atoms with van der Waals surface area (Å²) >= 11 is 0. The van der Waals surface area contributed by atoms with E-state index in [1.807, 2.05) is 36.4 Å². The van der Waals surface area contributed by atoms with Crippen molar-refractivity contribution in [1.82, 2.24) is 0 Å². The second-order valence-corrected chi connectivity index (χ2v) is 7.18. The molecule has 2 aromatic rings. The molecule has 1 aliphatic rings. The van der Waals surface area contributed by atoms with Gasteiger partial charge in [0.1, 0.15) is 6.10 Å². The smallest absolute Gasteiger partial charge is 0.238 e. The van der Waals surface area contributed by atoms with Crippen molar-refractivity contribution in [2.45, 2.75) is 11.0 Å². The van der Waals surface area contributed by atoms with Gasteiger partial charge in [-0.2, -0.15) is 0 Å². The average molecular weight is 355 g/mol. The number of hydrogen-bond acceptors (Lipinski definition) is 4. The maximum atomic E-state index is 12.2. The first kappa shape index (κ1) is 17.3. The Hall–Kier alpha value is -2.54. The first-order valence-electron chi connectivity index (χ1n) is 7.67. The van der Waals surface area contributed by atoms with Crippen molar-refractivity contribution in [3.8, 4) is 0 Å². The van der Waals surface area contributed by atoms with Gasteiger partial charge in [-0.3, -0.25) is 4.79 Å². The summed E-state index contributed by atoms with van der Waals surface area (Å²) in [5.41, 5.74) is 2.30. The van der Waals surface area contributed by atoms with Crippen molar-refractivity contribution in [3.63, 3.8) is 0 Å². The molecule has 0 fully saturated rings. The number of sulfonamides is 1. The van der Waals surface area contributed by atoms with E-state index in [-0.39, 0.29) is 16.8 Å². The molecule has 1 heterocycles. The third kappa shape index (κ3) is 4.30. The van der Waals surface area contributed by atoms with E-state index in [9.17, 15) is 13.2 Å². The largest absolute Gasteiger partial charge is 0.365 e. The lowest BCUT2D eigenvalue weighted by Crippen LogP contribution is -2.12. The highest BCUT2D eigenvalue weighted by Crippen LogP contribution is 2.24. The van der Waals surface area contributed by atoms with Crippen molar-refractivity contribution in [2.24, 2.45) is 5.14 Å². The molecule has 2 aromatic carbocycles. The number of ketones is 1. The standard InChI is InChI=1S/C19H17NO4S/c20-25(22,23)17-9-7-15(8-10-17)18(21)11-6-14-3-1-4-16(13-14)19-5-2-12-24-19/h1-11,13,19H,12H2,(H2,20,22,23)/b11-6+. The third-order valence-electron chi connectivity index (χ3n) is 3.82. The van der Waals surface area contributed by atoms with Gasteiger partial charge in [-0.1, -0.05) is 36.4 Å². The Morgan fingerprint density at radius 2 is 1.92 bits per heavy atom. The van der Waals surface area contributed by atoms with E-state index < -0.39 is 10.0 Å². The SMILES string of the molecule is NS(=O)(=O)c1ccc(C(=O)/C=C/c2cccc(C3C=CCO3)c2)cc1. The van der Waals surface area contributed by atoms with Crippen LogP contribution in [-0.4, -0.2) is 20.8 Å². The van der Waals surface area contributed by atoms with E-state index in [4.69, 9.17) is 9.88 Å². The van der Waals surface area contributed by atoms with Gasteiger partial charge in [0, 0.05) is 5.56 Å². The van der Waals surface area contributed by atoms with Crippen molar-refractivity contribution in [3.05, 3.63) is 83.4 Å². The minimum atomic E-state index is -3.76. The lowest BCUT2D eigenvalue weighted by molar-refractivity contribution is 0.104. The summed E-state index contributed by atoms with van der Waals surface area (Å²) in [7, 11) is -3.76. The van der Waals surface area contributed by atoms with Crippen LogP contribution in [0.4, 0.5) is 0 Å². The molecule has 6 heteroatoms. The summed E-state index contributed by atoms with van der Waals surface area (Å²) in [6, 6.07) is 13.3. The maximum Gasteiger partial charge on any atom is 0.238 e. The van der Waals surface area contributed by atoms with Gasteiger partial charge in [-0.25, -0.2) is 13.6 Å². The molecule has 0 radical (unpaired) electrons. The van der Waals surface area contributed by atoms with Crippen LogP contribution in [0.3, 0.4) is 0 Å². The lowest BCUT2D eigenvalue weighted by atomic mass is 10.0. The minimum Gasteiger partial charge on any atom is -0.365 e. The number of carbonyl (C=O) groups excluding carboxylic acids is 1. The first-order valence-corrected chi connectivity index (χ1v) is 9.21. The summed E-state index contributed by atoms with van der Waals surface area (Å²) in [5.74, 6) is -0.219. The highest BCUT2D eigenvalue weighted by molar-refractivity contribution is 7.89. The number of carbonyl (C=O) groups is 1. The highest BCUT2D eigenvalue weighted by Gasteiger charge is 2.12. The van der Waals surface area contributed by atoms with Crippen LogP contribution in [-0.2, 0) is 14.8 Å². The van der Waals surface area contributed by atoms with Gasteiger partial charge in [0.2, 0.25) is 10.0 Å². The highest BCUT2D eigenvalue weighted by atomic mass is 32.2. The van der Waals surface area contributed by atoms with Crippen LogP contribution in [0, 0.1) is 0 Å². The number of ether oxygens (including phenoxy) is 1. The fourth-order valence-electron chi connectivity index (χ4n) is 2.52. The van der Waals surface area contributed by atoms with E-state index in [2.05, 4.69) is 0 Å².